The minimum Gasteiger partial charge on any atom is -0.325 e. The molecule has 8 heteroatoms. The highest BCUT2D eigenvalue weighted by Crippen LogP contribution is 2.22. The van der Waals surface area contributed by atoms with Crippen LogP contribution < -0.4 is 10.9 Å². The number of aromatic nitrogens is 4. The van der Waals surface area contributed by atoms with Crippen LogP contribution in [0.4, 0.5) is 5.69 Å². The molecular formula is C22H21N5O2S. The standard InChI is InChI=1S/C22H21N5O2S/c1-3-15-9-7-8-14(2)19(15)24-18(28)13-30-22-25-20-17(21(29)26-22)12-23-27(20)16-10-5-4-6-11-16/h4-12H,3,13H2,1-2H3,(H,24,28)(H,25,26,29). The van der Waals surface area contributed by atoms with Gasteiger partial charge in [0, 0.05) is 5.69 Å². The van der Waals surface area contributed by atoms with E-state index in [9.17, 15) is 9.59 Å². The van der Waals surface area contributed by atoms with Crippen molar-refractivity contribution in [3.63, 3.8) is 0 Å². The van der Waals surface area contributed by atoms with Crippen molar-refractivity contribution in [2.75, 3.05) is 11.1 Å². The molecule has 2 N–H and O–H groups in total. The van der Waals surface area contributed by atoms with Crippen molar-refractivity contribution in [1.29, 1.82) is 0 Å². The number of H-pyrrole nitrogens is 1. The Bertz CT molecular complexity index is 1260. The number of anilines is 1. The van der Waals surface area contributed by atoms with E-state index >= 15 is 0 Å². The van der Waals surface area contributed by atoms with Crippen LogP contribution in [0.5, 0.6) is 0 Å². The number of hydrogen-bond donors (Lipinski definition) is 2. The Labute approximate surface area is 177 Å². The number of rotatable bonds is 6. The predicted octanol–water partition coefficient (Wildman–Crippen LogP) is 3.71. The SMILES string of the molecule is CCc1cccc(C)c1NC(=O)CSc1nc2c(cnn2-c2ccccc2)c(=O)[nH]1. The lowest BCUT2D eigenvalue weighted by atomic mass is 10.1. The van der Waals surface area contributed by atoms with Crippen molar-refractivity contribution < 1.29 is 4.79 Å². The van der Waals surface area contributed by atoms with Gasteiger partial charge in [-0.25, -0.2) is 9.67 Å². The number of para-hydroxylation sites is 2. The zero-order chi connectivity index (χ0) is 21.1. The van der Waals surface area contributed by atoms with Crippen LogP contribution in [-0.2, 0) is 11.2 Å². The first-order valence-corrected chi connectivity index (χ1v) is 10.6. The van der Waals surface area contributed by atoms with E-state index in [2.05, 4.69) is 27.3 Å². The van der Waals surface area contributed by atoms with Crippen molar-refractivity contribution >= 4 is 34.4 Å². The van der Waals surface area contributed by atoms with Gasteiger partial charge in [0.1, 0.15) is 5.39 Å². The smallest absolute Gasteiger partial charge is 0.262 e. The van der Waals surface area contributed by atoms with Crippen LogP contribution in [0, 0.1) is 6.92 Å². The van der Waals surface area contributed by atoms with E-state index in [-0.39, 0.29) is 17.2 Å². The number of nitrogens with one attached hydrogen (secondary N) is 2. The largest absolute Gasteiger partial charge is 0.325 e. The van der Waals surface area contributed by atoms with E-state index in [1.54, 1.807) is 4.68 Å². The molecule has 0 saturated heterocycles. The van der Waals surface area contributed by atoms with Gasteiger partial charge >= 0.3 is 0 Å². The van der Waals surface area contributed by atoms with Gasteiger partial charge in [-0.15, -0.1) is 0 Å². The number of thioether (sulfide) groups is 1. The fourth-order valence-electron chi connectivity index (χ4n) is 3.24. The third-order valence-corrected chi connectivity index (χ3v) is 5.63. The van der Waals surface area contributed by atoms with Crippen molar-refractivity contribution in [3.05, 3.63) is 76.2 Å². The first-order chi connectivity index (χ1) is 14.6. The molecule has 2 aromatic heterocycles. The summed E-state index contributed by atoms with van der Waals surface area (Å²) in [5, 5.41) is 8.06. The molecule has 2 heterocycles. The van der Waals surface area contributed by atoms with Gasteiger partial charge in [-0.1, -0.05) is 55.1 Å². The molecule has 4 aromatic rings. The summed E-state index contributed by atoms with van der Waals surface area (Å²) in [6, 6.07) is 15.4. The van der Waals surface area contributed by atoms with Crippen molar-refractivity contribution in [2.24, 2.45) is 0 Å². The molecule has 0 unspecified atom stereocenters. The van der Waals surface area contributed by atoms with Crippen LogP contribution in [0.2, 0.25) is 0 Å². The molecule has 0 aliphatic heterocycles. The molecule has 30 heavy (non-hydrogen) atoms. The summed E-state index contributed by atoms with van der Waals surface area (Å²) in [5.74, 6) is -0.0193. The Kier molecular flexibility index (Phi) is 5.67. The number of nitrogens with zero attached hydrogens (tertiary/aromatic N) is 3. The number of amides is 1. The summed E-state index contributed by atoms with van der Waals surface area (Å²) >= 11 is 1.18. The lowest BCUT2D eigenvalue weighted by Crippen LogP contribution is -2.17. The van der Waals surface area contributed by atoms with Gasteiger partial charge in [0.2, 0.25) is 5.91 Å². The highest BCUT2D eigenvalue weighted by atomic mass is 32.2. The van der Waals surface area contributed by atoms with Crippen LogP contribution in [0.1, 0.15) is 18.1 Å². The van der Waals surface area contributed by atoms with E-state index in [4.69, 9.17) is 0 Å². The minimum atomic E-state index is -0.280. The maximum atomic E-state index is 12.5. The molecule has 152 valence electrons. The average molecular weight is 420 g/mol. The predicted molar refractivity (Wildman–Crippen MR) is 119 cm³/mol. The van der Waals surface area contributed by atoms with Gasteiger partial charge in [0.05, 0.1) is 17.6 Å². The normalized spacial score (nSPS) is 11.0. The van der Waals surface area contributed by atoms with Crippen LogP contribution in [0.3, 0.4) is 0 Å². The Morgan fingerprint density at radius 2 is 1.97 bits per heavy atom. The molecule has 7 nitrogen and oxygen atoms in total. The number of aryl methyl sites for hydroxylation is 2. The number of hydrogen-bond acceptors (Lipinski definition) is 5. The third kappa shape index (κ3) is 3.99. The van der Waals surface area contributed by atoms with Gasteiger partial charge in [0.15, 0.2) is 10.8 Å². The van der Waals surface area contributed by atoms with Crippen LogP contribution >= 0.6 is 11.8 Å². The van der Waals surface area contributed by atoms with Crippen LogP contribution in [0.25, 0.3) is 16.7 Å². The van der Waals surface area contributed by atoms with Gasteiger partial charge in [0.25, 0.3) is 5.56 Å². The molecule has 0 aliphatic rings. The topological polar surface area (TPSA) is 92.7 Å². The Balaban J connectivity index is 1.55. The first kappa shape index (κ1) is 19.9. The summed E-state index contributed by atoms with van der Waals surface area (Å²) in [4.78, 5) is 32.2. The number of fused-ring (bicyclic) bond motifs is 1. The number of carbonyl (C=O) groups is 1. The molecule has 0 saturated carbocycles. The van der Waals surface area contributed by atoms with E-state index in [1.807, 2.05) is 55.5 Å². The molecule has 0 spiro atoms. The van der Waals surface area contributed by atoms with Crippen LogP contribution in [-0.4, -0.2) is 31.4 Å². The Morgan fingerprint density at radius 1 is 1.17 bits per heavy atom. The molecule has 1 amide bonds. The minimum absolute atomic E-state index is 0.130. The highest BCUT2D eigenvalue weighted by Gasteiger charge is 2.14. The molecule has 0 aliphatic carbocycles. The van der Waals surface area contributed by atoms with Crippen LogP contribution in [0.15, 0.2) is 64.7 Å². The lowest BCUT2D eigenvalue weighted by molar-refractivity contribution is -0.113. The summed E-state index contributed by atoms with van der Waals surface area (Å²) < 4.78 is 1.62. The molecule has 0 bridgehead atoms. The molecule has 0 radical (unpaired) electrons. The third-order valence-electron chi connectivity index (χ3n) is 4.76. The Hall–Kier alpha value is -3.39. The quantitative estimate of drug-likeness (QED) is 0.367. The number of carbonyl (C=O) groups excluding carboxylic acids is 1. The molecule has 0 atom stereocenters. The maximum absolute atomic E-state index is 12.5. The second kappa shape index (κ2) is 8.54. The number of benzene rings is 2. The zero-order valence-electron chi connectivity index (χ0n) is 16.7. The van der Waals surface area contributed by atoms with Crippen molar-refractivity contribution in [1.82, 2.24) is 19.7 Å². The average Bonchev–Trinajstić information content (AvgIpc) is 3.19. The van der Waals surface area contributed by atoms with Gasteiger partial charge in [-0.3, -0.25) is 9.59 Å². The number of aromatic amines is 1. The molecule has 0 fully saturated rings. The maximum Gasteiger partial charge on any atom is 0.262 e. The zero-order valence-corrected chi connectivity index (χ0v) is 17.5. The Morgan fingerprint density at radius 3 is 2.73 bits per heavy atom. The first-order valence-electron chi connectivity index (χ1n) is 9.61. The van der Waals surface area contributed by atoms with Crippen molar-refractivity contribution in [2.45, 2.75) is 25.4 Å². The van der Waals surface area contributed by atoms with E-state index < -0.39 is 0 Å². The fraction of sp³-hybridized carbons (Fsp3) is 0.182. The highest BCUT2D eigenvalue weighted by molar-refractivity contribution is 7.99. The summed E-state index contributed by atoms with van der Waals surface area (Å²) in [5.41, 5.74) is 3.95. The van der Waals surface area contributed by atoms with Gasteiger partial charge in [-0.2, -0.15) is 5.10 Å². The second-order valence-electron chi connectivity index (χ2n) is 6.80. The van der Waals surface area contributed by atoms with Crippen molar-refractivity contribution in [3.8, 4) is 5.69 Å². The van der Waals surface area contributed by atoms with E-state index in [1.165, 1.54) is 18.0 Å². The van der Waals surface area contributed by atoms with E-state index in [0.29, 0.717) is 16.2 Å². The molecule has 4 rings (SSSR count). The van der Waals surface area contributed by atoms with Gasteiger partial charge in [-0.05, 0) is 36.6 Å². The van der Waals surface area contributed by atoms with E-state index in [0.717, 1.165) is 28.9 Å². The van der Waals surface area contributed by atoms with Gasteiger partial charge < -0.3 is 10.3 Å². The summed E-state index contributed by atoms with van der Waals surface area (Å²) in [6.07, 6.45) is 2.33. The monoisotopic (exact) mass is 419 g/mol. The molecule has 2 aromatic carbocycles. The second-order valence-corrected chi connectivity index (χ2v) is 7.76. The lowest BCUT2D eigenvalue weighted by Gasteiger charge is -2.12. The molecular weight excluding hydrogens is 398 g/mol. The fourth-order valence-corrected chi connectivity index (χ4v) is 3.89. The summed E-state index contributed by atoms with van der Waals surface area (Å²) in [6.45, 7) is 4.03. The summed E-state index contributed by atoms with van der Waals surface area (Å²) in [7, 11) is 0.